The summed E-state index contributed by atoms with van der Waals surface area (Å²) in [5.41, 5.74) is 1.20. The third kappa shape index (κ3) is 4.11. The van der Waals surface area contributed by atoms with Crippen LogP contribution in [0.1, 0.15) is 5.56 Å². The Labute approximate surface area is 96.8 Å². The Morgan fingerprint density at radius 1 is 1.43 bits per heavy atom. The number of benzene rings is 1. The van der Waals surface area contributed by atoms with Gasteiger partial charge >= 0.3 is 0 Å². The first-order valence-electron chi connectivity index (χ1n) is 4.30. The Kier molecular flexibility index (Phi) is 4.98. The topological polar surface area (TPSA) is 29.1 Å². The third-order valence-corrected chi connectivity index (χ3v) is 2.37. The van der Waals surface area contributed by atoms with Crippen molar-refractivity contribution in [3.8, 4) is 0 Å². The van der Waals surface area contributed by atoms with Gasteiger partial charge in [0.15, 0.2) is 4.29 Å². The molecule has 1 aromatic rings. The Morgan fingerprint density at radius 2 is 2.07 bits per heavy atom. The molecule has 1 N–H and O–H groups in total. The van der Waals surface area contributed by atoms with Crippen molar-refractivity contribution in [2.75, 3.05) is 6.54 Å². The molecular formula is C10H11BrClNO. The van der Waals surface area contributed by atoms with Crippen molar-refractivity contribution >= 4 is 33.4 Å². The van der Waals surface area contributed by atoms with Crippen LogP contribution in [-0.2, 0) is 11.2 Å². The van der Waals surface area contributed by atoms with E-state index in [0.717, 1.165) is 6.42 Å². The SMILES string of the molecule is O=C(NCCc1ccccc1)C(Cl)Br. The summed E-state index contributed by atoms with van der Waals surface area (Å²) in [6, 6.07) is 9.98. The van der Waals surface area contributed by atoms with Crippen LogP contribution in [0, 0.1) is 0 Å². The summed E-state index contributed by atoms with van der Waals surface area (Å²) in [6.07, 6.45) is 0.823. The molecule has 1 amide bonds. The number of carbonyl (C=O) groups is 1. The number of amides is 1. The first kappa shape index (κ1) is 11.5. The monoisotopic (exact) mass is 275 g/mol. The maximum absolute atomic E-state index is 11.0. The molecule has 0 fully saturated rings. The maximum Gasteiger partial charge on any atom is 0.248 e. The molecule has 0 aliphatic carbocycles. The van der Waals surface area contributed by atoms with Crippen LogP contribution >= 0.6 is 27.5 Å². The van der Waals surface area contributed by atoms with Gasteiger partial charge in [-0.15, -0.1) is 0 Å². The summed E-state index contributed by atoms with van der Waals surface area (Å²) in [5.74, 6) is -0.192. The average molecular weight is 277 g/mol. The Hall–Kier alpha value is -0.540. The van der Waals surface area contributed by atoms with Gasteiger partial charge in [-0.25, -0.2) is 0 Å². The standard InChI is InChI=1S/C10H11BrClNO/c11-9(12)10(14)13-7-6-8-4-2-1-3-5-8/h1-5,9H,6-7H2,(H,13,14). The zero-order valence-electron chi connectivity index (χ0n) is 7.54. The van der Waals surface area contributed by atoms with E-state index in [2.05, 4.69) is 21.2 Å². The van der Waals surface area contributed by atoms with Crippen molar-refractivity contribution in [2.45, 2.75) is 10.7 Å². The molecule has 76 valence electrons. The van der Waals surface area contributed by atoms with Crippen LogP contribution < -0.4 is 5.32 Å². The summed E-state index contributed by atoms with van der Waals surface area (Å²) in [6.45, 7) is 0.609. The molecule has 0 aliphatic heterocycles. The van der Waals surface area contributed by atoms with Crippen molar-refractivity contribution in [1.82, 2.24) is 5.32 Å². The normalized spacial score (nSPS) is 12.1. The van der Waals surface area contributed by atoms with E-state index in [-0.39, 0.29) is 5.91 Å². The zero-order valence-corrected chi connectivity index (χ0v) is 9.88. The summed E-state index contributed by atoms with van der Waals surface area (Å²) in [5, 5.41) is 2.71. The molecule has 0 aromatic heterocycles. The van der Waals surface area contributed by atoms with Gasteiger partial charge in [0.1, 0.15) is 0 Å². The van der Waals surface area contributed by atoms with Crippen LogP contribution in [0.3, 0.4) is 0 Å². The van der Waals surface area contributed by atoms with Gasteiger partial charge in [0.25, 0.3) is 0 Å². The van der Waals surface area contributed by atoms with Gasteiger partial charge in [-0.2, -0.15) is 0 Å². The number of hydrogen-bond donors (Lipinski definition) is 1. The molecule has 0 saturated carbocycles. The molecule has 0 saturated heterocycles. The molecule has 0 spiro atoms. The van der Waals surface area contributed by atoms with Crippen LogP contribution in [0.4, 0.5) is 0 Å². The molecule has 1 unspecified atom stereocenters. The number of alkyl halides is 2. The van der Waals surface area contributed by atoms with Crippen LogP contribution in [0.2, 0.25) is 0 Å². The van der Waals surface area contributed by atoms with E-state index in [4.69, 9.17) is 11.6 Å². The molecule has 4 heteroatoms. The van der Waals surface area contributed by atoms with Gasteiger partial charge in [-0.05, 0) is 12.0 Å². The Morgan fingerprint density at radius 3 is 2.64 bits per heavy atom. The first-order valence-corrected chi connectivity index (χ1v) is 5.65. The fraction of sp³-hybridized carbons (Fsp3) is 0.300. The second kappa shape index (κ2) is 6.04. The molecule has 0 radical (unpaired) electrons. The van der Waals surface area contributed by atoms with Gasteiger partial charge in [0.2, 0.25) is 5.91 Å². The molecule has 0 heterocycles. The highest BCUT2D eigenvalue weighted by molar-refractivity contribution is 9.10. The van der Waals surface area contributed by atoms with E-state index in [0.29, 0.717) is 6.54 Å². The fourth-order valence-corrected chi connectivity index (χ4v) is 1.29. The molecular weight excluding hydrogens is 265 g/mol. The molecule has 1 atom stereocenters. The van der Waals surface area contributed by atoms with E-state index < -0.39 is 4.29 Å². The highest BCUT2D eigenvalue weighted by Crippen LogP contribution is 2.04. The van der Waals surface area contributed by atoms with Gasteiger partial charge in [0, 0.05) is 6.54 Å². The van der Waals surface area contributed by atoms with Crippen molar-refractivity contribution in [3.63, 3.8) is 0 Å². The molecule has 0 bridgehead atoms. The Balaban J connectivity index is 2.26. The third-order valence-electron chi connectivity index (χ3n) is 1.75. The van der Waals surface area contributed by atoms with Gasteiger partial charge in [0.05, 0.1) is 0 Å². The second-order valence-electron chi connectivity index (χ2n) is 2.83. The smallest absolute Gasteiger partial charge is 0.248 e. The Bertz CT molecular complexity index is 289. The van der Waals surface area contributed by atoms with E-state index in [1.165, 1.54) is 5.56 Å². The van der Waals surface area contributed by atoms with E-state index >= 15 is 0 Å². The number of nitrogens with one attached hydrogen (secondary N) is 1. The number of hydrogen-bond acceptors (Lipinski definition) is 1. The number of rotatable bonds is 4. The predicted octanol–water partition coefficient (Wildman–Crippen LogP) is 2.31. The lowest BCUT2D eigenvalue weighted by Gasteiger charge is -2.05. The van der Waals surface area contributed by atoms with Crippen molar-refractivity contribution in [3.05, 3.63) is 35.9 Å². The molecule has 14 heavy (non-hydrogen) atoms. The minimum absolute atomic E-state index is 0.192. The van der Waals surface area contributed by atoms with Gasteiger partial charge in [-0.1, -0.05) is 57.9 Å². The van der Waals surface area contributed by atoms with Gasteiger partial charge < -0.3 is 5.32 Å². The van der Waals surface area contributed by atoms with Crippen LogP contribution in [0.25, 0.3) is 0 Å². The van der Waals surface area contributed by atoms with E-state index in [1.54, 1.807) is 0 Å². The van der Waals surface area contributed by atoms with E-state index in [9.17, 15) is 4.79 Å². The van der Waals surface area contributed by atoms with Crippen molar-refractivity contribution in [2.24, 2.45) is 0 Å². The van der Waals surface area contributed by atoms with Crippen LogP contribution in [0.15, 0.2) is 30.3 Å². The summed E-state index contributed by atoms with van der Waals surface area (Å²) in [4.78, 5) is 11.0. The lowest BCUT2D eigenvalue weighted by molar-refractivity contribution is -0.119. The van der Waals surface area contributed by atoms with Crippen LogP contribution in [0.5, 0.6) is 0 Å². The molecule has 0 aliphatic rings. The number of halogens is 2. The highest BCUT2D eigenvalue weighted by atomic mass is 79.9. The van der Waals surface area contributed by atoms with Crippen molar-refractivity contribution in [1.29, 1.82) is 0 Å². The zero-order chi connectivity index (χ0) is 10.4. The van der Waals surface area contributed by atoms with Crippen LogP contribution in [-0.4, -0.2) is 16.7 Å². The minimum atomic E-state index is -0.640. The fourth-order valence-electron chi connectivity index (χ4n) is 1.05. The maximum atomic E-state index is 11.0. The molecule has 2 nitrogen and oxygen atoms in total. The molecule has 1 rings (SSSR count). The summed E-state index contributed by atoms with van der Waals surface area (Å²) in [7, 11) is 0. The quantitative estimate of drug-likeness (QED) is 0.840. The average Bonchev–Trinajstić information content (AvgIpc) is 2.19. The minimum Gasteiger partial charge on any atom is -0.354 e. The van der Waals surface area contributed by atoms with Crippen molar-refractivity contribution < 1.29 is 4.79 Å². The molecule has 1 aromatic carbocycles. The second-order valence-corrected chi connectivity index (χ2v) is 4.71. The highest BCUT2D eigenvalue weighted by Gasteiger charge is 2.08. The summed E-state index contributed by atoms with van der Waals surface area (Å²) >= 11 is 8.49. The largest absolute Gasteiger partial charge is 0.354 e. The van der Waals surface area contributed by atoms with E-state index in [1.807, 2.05) is 30.3 Å². The summed E-state index contributed by atoms with van der Waals surface area (Å²) < 4.78 is -0.640. The lowest BCUT2D eigenvalue weighted by Crippen LogP contribution is -2.29. The lowest BCUT2D eigenvalue weighted by atomic mass is 10.1. The first-order chi connectivity index (χ1) is 6.70. The predicted molar refractivity (Wildman–Crippen MR) is 61.7 cm³/mol. The van der Waals surface area contributed by atoms with Gasteiger partial charge in [-0.3, -0.25) is 4.79 Å². The number of carbonyl (C=O) groups excluding carboxylic acids is 1.